The van der Waals surface area contributed by atoms with Gasteiger partial charge in [0.25, 0.3) is 0 Å². The minimum absolute atomic E-state index is 0.0516. The number of amides is 2. The number of fused-ring (bicyclic) bond motifs is 1. The average molecular weight is 563 g/mol. The highest BCUT2D eigenvalue weighted by Gasteiger charge is 2.37. The first kappa shape index (κ1) is 29.9. The van der Waals surface area contributed by atoms with Crippen LogP contribution in [0.25, 0.3) is 10.8 Å². The lowest BCUT2D eigenvalue weighted by Crippen LogP contribution is -2.57. The van der Waals surface area contributed by atoms with Gasteiger partial charge >= 0.3 is 5.97 Å². The summed E-state index contributed by atoms with van der Waals surface area (Å²) >= 11 is 0. The molecule has 3 atom stereocenters. The van der Waals surface area contributed by atoms with Gasteiger partial charge in [-0.05, 0) is 35.7 Å². The van der Waals surface area contributed by atoms with Gasteiger partial charge in [-0.25, -0.2) is 9.78 Å². The van der Waals surface area contributed by atoms with Crippen LogP contribution in [0.1, 0.15) is 37.4 Å². The summed E-state index contributed by atoms with van der Waals surface area (Å²) in [6.45, 7) is 2.57. The van der Waals surface area contributed by atoms with Crippen molar-refractivity contribution in [2.24, 2.45) is 0 Å². The van der Waals surface area contributed by atoms with Crippen molar-refractivity contribution in [1.82, 2.24) is 30.8 Å². The van der Waals surface area contributed by atoms with Crippen LogP contribution in [0.2, 0.25) is 0 Å². The summed E-state index contributed by atoms with van der Waals surface area (Å²) < 4.78 is 4.86. The van der Waals surface area contributed by atoms with Gasteiger partial charge in [0.2, 0.25) is 11.8 Å². The Balaban J connectivity index is 1.63. The van der Waals surface area contributed by atoms with Gasteiger partial charge < -0.3 is 25.7 Å². The SMILES string of the molecule is CCC(=O)NC[C@H](NC(=O)CN(Cc1cccc2ccccc12)C(C(=O)Cc1c[nH]cn1)[C@@H]1CCCN1)C(=O)OC. The lowest BCUT2D eigenvalue weighted by molar-refractivity contribution is -0.145. The first-order chi connectivity index (χ1) is 19.9. The molecule has 3 aromatic rings. The fraction of sp³-hybridized carbons (Fsp3) is 0.433. The van der Waals surface area contributed by atoms with Crippen LogP contribution in [0.5, 0.6) is 0 Å². The van der Waals surface area contributed by atoms with Gasteiger partial charge in [0.15, 0.2) is 5.78 Å². The summed E-state index contributed by atoms with van der Waals surface area (Å²) in [5.41, 5.74) is 1.61. The molecule has 0 bridgehead atoms. The minimum atomic E-state index is -1.06. The van der Waals surface area contributed by atoms with Gasteiger partial charge in [0, 0.05) is 31.7 Å². The summed E-state index contributed by atoms with van der Waals surface area (Å²) in [6.07, 6.45) is 5.31. The summed E-state index contributed by atoms with van der Waals surface area (Å²) in [5.74, 6) is -1.42. The lowest BCUT2D eigenvalue weighted by Gasteiger charge is -2.35. The van der Waals surface area contributed by atoms with E-state index in [2.05, 4.69) is 25.9 Å². The van der Waals surface area contributed by atoms with Crippen LogP contribution in [0, 0.1) is 0 Å². The predicted octanol–water partition coefficient (Wildman–Crippen LogP) is 1.48. The Morgan fingerprint density at radius 3 is 2.63 bits per heavy atom. The van der Waals surface area contributed by atoms with E-state index in [1.807, 2.05) is 47.4 Å². The van der Waals surface area contributed by atoms with Gasteiger partial charge in [0.1, 0.15) is 6.04 Å². The number of aromatic amines is 1. The molecule has 0 saturated carbocycles. The van der Waals surface area contributed by atoms with Crippen LogP contribution in [0.4, 0.5) is 0 Å². The molecule has 2 amide bonds. The summed E-state index contributed by atoms with van der Waals surface area (Å²) in [6, 6.07) is 12.2. The van der Waals surface area contributed by atoms with Crippen molar-refractivity contribution in [3.05, 3.63) is 66.2 Å². The maximum atomic E-state index is 13.9. The number of rotatable bonds is 14. The van der Waals surface area contributed by atoms with Crippen LogP contribution in [-0.4, -0.2) is 83.3 Å². The van der Waals surface area contributed by atoms with E-state index in [0.29, 0.717) is 12.2 Å². The second kappa shape index (κ2) is 14.5. The number of Topliss-reactive ketones (excluding diaryl/α,β-unsaturated/α-hetero) is 1. The number of aromatic nitrogens is 2. The van der Waals surface area contributed by atoms with Crippen LogP contribution < -0.4 is 16.0 Å². The van der Waals surface area contributed by atoms with E-state index < -0.39 is 24.0 Å². The zero-order valence-electron chi connectivity index (χ0n) is 23.5. The zero-order valence-corrected chi connectivity index (χ0v) is 23.5. The van der Waals surface area contributed by atoms with Crippen molar-refractivity contribution in [3.8, 4) is 0 Å². The van der Waals surface area contributed by atoms with Crippen molar-refractivity contribution >= 4 is 34.3 Å². The highest BCUT2D eigenvalue weighted by atomic mass is 16.5. The molecule has 2 heterocycles. The molecule has 0 spiro atoms. The quantitative estimate of drug-likeness (QED) is 0.216. The molecular formula is C30H38N6O5. The van der Waals surface area contributed by atoms with Gasteiger partial charge in [0.05, 0.1) is 38.1 Å². The molecule has 1 aliphatic heterocycles. The molecule has 1 unspecified atom stereocenters. The second-order valence-electron chi connectivity index (χ2n) is 10.2. The van der Waals surface area contributed by atoms with Crippen molar-refractivity contribution in [1.29, 1.82) is 0 Å². The van der Waals surface area contributed by atoms with E-state index in [1.165, 1.54) is 13.4 Å². The van der Waals surface area contributed by atoms with Gasteiger partial charge in [-0.3, -0.25) is 19.3 Å². The number of hydrogen-bond acceptors (Lipinski definition) is 8. The Labute approximate surface area is 239 Å². The average Bonchev–Trinajstić information content (AvgIpc) is 3.70. The van der Waals surface area contributed by atoms with Gasteiger partial charge in [-0.1, -0.05) is 49.4 Å². The van der Waals surface area contributed by atoms with Crippen LogP contribution >= 0.6 is 0 Å². The number of hydrogen-bond donors (Lipinski definition) is 4. The van der Waals surface area contributed by atoms with E-state index in [9.17, 15) is 19.2 Å². The van der Waals surface area contributed by atoms with Crippen molar-refractivity contribution in [2.45, 2.75) is 57.3 Å². The standard InChI is InChI=1S/C30H38N6O5/c1-3-27(38)33-16-25(30(40)41-2)35-28(39)18-36(17-21-10-6-9-20-8-4-5-11-23(20)21)29(24-12-7-13-32-24)26(37)14-22-15-31-19-34-22/h4-6,8-11,15,19,24-25,29,32H,3,7,12-14,16-18H2,1-2H3,(H,31,34)(H,33,38)(H,35,39)/t24-,25-,29?/m0/s1. The Morgan fingerprint density at radius 1 is 1.12 bits per heavy atom. The molecule has 41 heavy (non-hydrogen) atoms. The van der Waals surface area contributed by atoms with Crippen LogP contribution in [0.15, 0.2) is 55.0 Å². The Kier molecular flexibility index (Phi) is 10.6. The number of nitrogens with zero attached hydrogens (tertiary/aromatic N) is 2. The summed E-state index contributed by atoms with van der Waals surface area (Å²) in [7, 11) is 1.23. The van der Waals surface area contributed by atoms with E-state index in [-0.39, 0.29) is 43.7 Å². The molecule has 4 rings (SSSR count). The monoisotopic (exact) mass is 562 g/mol. The molecule has 11 nitrogen and oxygen atoms in total. The molecule has 218 valence electrons. The minimum Gasteiger partial charge on any atom is -0.467 e. The largest absolute Gasteiger partial charge is 0.467 e. The maximum absolute atomic E-state index is 13.9. The van der Waals surface area contributed by atoms with Gasteiger partial charge in [-0.15, -0.1) is 0 Å². The number of ketones is 1. The molecule has 1 aliphatic rings. The molecule has 11 heteroatoms. The Bertz CT molecular complexity index is 1330. The molecule has 1 aromatic heterocycles. The number of esters is 1. The second-order valence-corrected chi connectivity index (χ2v) is 10.2. The van der Waals surface area contributed by atoms with E-state index in [1.54, 1.807) is 13.1 Å². The highest BCUT2D eigenvalue weighted by Crippen LogP contribution is 2.24. The molecular weight excluding hydrogens is 524 g/mol. The van der Waals surface area contributed by atoms with Crippen LogP contribution in [-0.2, 0) is 36.9 Å². The van der Waals surface area contributed by atoms with E-state index in [4.69, 9.17) is 4.74 Å². The molecule has 1 fully saturated rings. The predicted molar refractivity (Wildman–Crippen MR) is 154 cm³/mol. The first-order valence-corrected chi connectivity index (χ1v) is 14.0. The number of benzene rings is 2. The van der Waals surface area contributed by atoms with E-state index >= 15 is 0 Å². The number of ether oxygens (including phenoxy) is 1. The molecule has 4 N–H and O–H groups in total. The molecule has 1 saturated heterocycles. The Morgan fingerprint density at radius 2 is 1.93 bits per heavy atom. The van der Waals surface area contributed by atoms with Crippen LogP contribution in [0.3, 0.4) is 0 Å². The topological polar surface area (TPSA) is 146 Å². The first-order valence-electron chi connectivity index (χ1n) is 14.0. The normalized spacial score (nSPS) is 16.3. The Hall–Kier alpha value is -4.09. The third-order valence-corrected chi connectivity index (χ3v) is 7.36. The number of methoxy groups -OCH3 is 1. The number of nitrogens with one attached hydrogen (secondary N) is 4. The number of carbonyl (C=O) groups is 4. The fourth-order valence-electron chi connectivity index (χ4n) is 5.34. The molecule has 2 aromatic carbocycles. The molecule has 0 radical (unpaired) electrons. The van der Waals surface area contributed by atoms with E-state index in [0.717, 1.165) is 35.7 Å². The summed E-state index contributed by atoms with van der Waals surface area (Å²) in [5, 5.41) is 10.9. The maximum Gasteiger partial charge on any atom is 0.330 e. The molecule has 0 aliphatic carbocycles. The van der Waals surface area contributed by atoms with Crippen molar-refractivity contribution in [3.63, 3.8) is 0 Å². The van der Waals surface area contributed by atoms with Gasteiger partial charge in [-0.2, -0.15) is 0 Å². The lowest BCUT2D eigenvalue weighted by atomic mass is 9.95. The van der Waals surface area contributed by atoms with Crippen molar-refractivity contribution < 1.29 is 23.9 Å². The summed E-state index contributed by atoms with van der Waals surface area (Å²) in [4.78, 5) is 60.6. The number of carbonyl (C=O) groups excluding carboxylic acids is 4. The number of imidazole rings is 1. The fourth-order valence-corrected chi connectivity index (χ4v) is 5.34. The van der Waals surface area contributed by atoms with Crippen molar-refractivity contribution in [2.75, 3.05) is 26.7 Å². The third-order valence-electron chi connectivity index (χ3n) is 7.36. The smallest absolute Gasteiger partial charge is 0.330 e. The zero-order chi connectivity index (χ0) is 29.2. The third kappa shape index (κ3) is 7.99. The number of H-pyrrole nitrogens is 1. The highest BCUT2D eigenvalue weighted by molar-refractivity contribution is 5.90.